The van der Waals surface area contributed by atoms with Crippen molar-refractivity contribution in [1.29, 1.82) is 0 Å². The zero-order chi connectivity index (χ0) is 12.7. The van der Waals surface area contributed by atoms with Crippen LogP contribution in [0.5, 0.6) is 0 Å². The first kappa shape index (κ1) is 10.4. The minimum absolute atomic E-state index is 0.944. The number of aromatic nitrogens is 1. The molecule has 1 N–H and O–H groups in total. The van der Waals surface area contributed by atoms with E-state index in [2.05, 4.69) is 76.8 Å². The molecule has 0 bridgehead atoms. The van der Waals surface area contributed by atoms with Crippen LogP contribution in [0.2, 0.25) is 0 Å². The molecule has 0 unspecified atom stereocenters. The quantitative estimate of drug-likeness (QED) is 0.810. The average Bonchev–Trinajstić information content (AvgIpc) is 2.90. The second-order valence-electron chi connectivity index (χ2n) is 4.82. The number of para-hydroxylation sites is 1. The fourth-order valence-electron chi connectivity index (χ4n) is 2.70. The van der Waals surface area contributed by atoms with Crippen molar-refractivity contribution in [3.05, 3.63) is 78.3 Å². The van der Waals surface area contributed by atoms with E-state index < -0.39 is 0 Å². The molecule has 0 radical (unpaired) electrons. The third-order valence-electron chi connectivity index (χ3n) is 3.62. The first-order chi connectivity index (χ1) is 9.42. The molecule has 2 heteroatoms. The number of aromatic amines is 1. The van der Waals surface area contributed by atoms with Gasteiger partial charge in [-0.15, -0.1) is 0 Å². The van der Waals surface area contributed by atoms with Gasteiger partial charge in [0.15, 0.2) is 0 Å². The zero-order valence-corrected chi connectivity index (χ0v) is 10.5. The molecule has 0 atom stereocenters. The Morgan fingerprint density at radius 1 is 1.05 bits per heavy atom. The van der Waals surface area contributed by atoms with Crippen molar-refractivity contribution >= 4 is 16.5 Å². The Kier molecular flexibility index (Phi) is 2.21. The van der Waals surface area contributed by atoms with Crippen molar-refractivity contribution in [2.45, 2.75) is 0 Å². The van der Waals surface area contributed by atoms with E-state index in [1.807, 2.05) is 0 Å². The van der Waals surface area contributed by atoms with E-state index in [0.717, 1.165) is 6.54 Å². The largest absolute Gasteiger partial charge is 0.354 e. The molecule has 2 nitrogen and oxygen atoms in total. The van der Waals surface area contributed by atoms with Gasteiger partial charge >= 0.3 is 0 Å². The highest BCUT2D eigenvalue weighted by molar-refractivity contribution is 5.88. The third kappa shape index (κ3) is 1.65. The first-order valence-corrected chi connectivity index (χ1v) is 6.52. The summed E-state index contributed by atoms with van der Waals surface area (Å²) < 4.78 is 0. The maximum absolute atomic E-state index is 3.50. The number of allylic oxidation sites excluding steroid dienone is 5. The van der Waals surface area contributed by atoms with Gasteiger partial charge in [0.2, 0.25) is 0 Å². The highest BCUT2D eigenvalue weighted by atomic mass is 15.1. The lowest BCUT2D eigenvalue weighted by Crippen LogP contribution is -2.20. The fraction of sp³-hybridized carbons (Fsp3) is 0.0588. The Hall–Kier alpha value is -2.48. The van der Waals surface area contributed by atoms with E-state index in [-0.39, 0.29) is 0 Å². The van der Waals surface area contributed by atoms with E-state index in [4.69, 9.17) is 0 Å². The summed E-state index contributed by atoms with van der Waals surface area (Å²) in [4.78, 5) is 5.77. The van der Waals surface area contributed by atoms with Gasteiger partial charge in [-0.25, -0.2) is 0 Å². The van der Waals surface area contributed by atoms with Crippen LogP contribution in [0.1, 0.15) is 5.69 Å². The van der Waals surface area contributed by atoms with E-state index in [9.17, 15) is 0 Å². The molecule has 2 aliphatic heterocycles. The summed E-state index contributed by atoms with van der Waals surface area (Å²) >= 11 is 0. The van der Waals surface area contributed by atoms with Gasteiger partial charge in [-0.05, 0) is 24.3 Å². The SMILES string of the molecule is C1=CC2=C(c3cc4ccccc4[nH]3)C=CCN2C=C1. The van der Waals surface area contributed by atoms with Crippen molar-refractivity contribution < 1.29 is 0 Å². The van der Waals surface area contributed by atoms with Gasteiger partial charge in [-0.2, -0.15) is 0 Å². The molecule has 0 amide bonds. The number of hydrogen-bond donors (Lipinski definition) is 1. The molecular weight excluding hydrogens is 232 g/mol. The van der Waals surface area contributed by atoms with Gasteiger partial charge in [0.05, 0.1) is 5.70 Å². The lowest BCUT2D eigenvalue weighted by atomic mass is 10.0. The van der Waals surface area contributed by atoms with E-state index in [0.29, 0.717) is 0 Å². The molecule has 0 spiro atoms. The number of hydrogen-bond acceptors (Lipinski definition) is 1. The number of nitrogens with one attached hydrogen (secondary N) is 1. The second kappa shape index (κ2) is 4.02. The summed E-state index contributed by atoms with van der Waals surface area (Å²) in [6.07, 6.45) is 12.9. The van der Waals surface area contributed by atoms with Crippen LogP contribution in [0.3, 0.4) is 0 Å². The number of benzene rings is 1. The molecule has 1 aromatic heterocycles. The maximum Gasteiger partial charge on any atom is 0.0503 e. The average molecular weight is 246 g/mol. The molecule has 1 aromatic carbocycles. The predicted octanol–water partition coefficient (Wildman–Crippen LogP) is 3.83. The summed E-state index contributed by atoms with van der Waals surface area (Å²) in [6.45, 7) is 0.944. The summed E-state index contributed by atoms with van der Waals surface area (Å²) in [5, 5.41) is 1.26. The number of nitrogens with zero attached hydrogens (tertiary/aromatic N) is 1. The Morgan fingerprint density at radius 3 is 2.95 bits per heavy atom. The summed E-state index contributed by atoms with van der Waals surface area (Å²) in [6, 6.07) is 10.6. The Bertz CT molecular complexity index is 723. The molecule has 4 rings (SSSR count). The minimum Gasteiger partial charge on any atom is -0.354 e. The van der Waals surface area contributed by atoms with Crippen LogP contribution in [0, 0.1) is 0 Å². The van der Waals surface area contributed by atoms with E-state index in [1.54, 1.807) is 0 Å². The standard InChI is InChI=1S/C17H14N2/c1-2-8-15-13(6-1)12-16(18-15)14-7-5-11-19-10-4-3-9-17(14)19/h1-10,12,18H,11H2. The van der Waals surface area contributed by atoms with Gasteiger partial charge in [-0.3, -0.25) is 0 Å². The van der Waals surface area contributed by atoms with Crippen LogP contribution in [-0.4, -0.2) is 16.4 Å². The van der Waals surface area contributed by atoms with Crippen molar-refractivity contribution in [1.82, 2.24) is 9.88 Å². The van der Waals surface area contributed by atoms with Gasteiger partial charge in [0.1, 0.15) is 0 Å². The Morgan fingerprint density at radius 2 is 2.00 bits per heavy atom. The molecule has 92 valence electrons. The smallest absolute Gasteiger partial charge is 0.0503 e. The van der Waals surface area contributed by atoms with Crippen LogP contribution in [0.15, 0.2) is 72.6 Å². The van der Waals surface area contributed by atoms with Gasteiger partial charge in [0, 0.05) is 34.9 Å². The molecule has 0 aliphatic carbocycles. The lowest BCUT2D eigenvalue weighted by molar-refractivity contribution is 0.526. The topological polar surface area (TPSA) is 19.0 Å². The second-order valence-corrected chi connectivity index (χ2v) is 4.82. The summed E-state index contributed by atoms with van der Waals surface area (Å²) in [5.41, 5.74) is 4.88. The molecule has 3 heterocycles. The molecule has 0 fully saturated rings. The molecule has 2 aliphatic rings. The van der Waals surface area contributed by atoms with Crippen LogP contribution < -0.4 is 0 Å². The fourth-order valence-corrected chi connectivity index (χ4v) is 2.70. The van der Waals surface area contributed by atoms with Crippen molar-refractivity contribution in [2.75, 3.05) is 6.54 Å². The van der Waals surface area contributed by atoms with Crippen LogP contribution in [0.4, 0.5) is 0 Å². The third-order valence-corrected chi connectivity index (χ3v) is 3.62. The summed E-state index contributed by atoms with van der Waals surface area (Å²) in [7, 11) is 0. The van der Waals surface area contributed by atoms with Crippen LogP contribution in [0.25, 0.3) is 16.5 Å². The maximum atomic E-state index is 3.50. The number of fused-ring (bicyclic) bond motifs is 2. The number of rotatable bonds is 1. The van der Waals surface area contributed by atoms with E-state index in [1.165, 1.54) is 27.9 Å². The summed E-state index contributed by atoms with van der Waals surface area (Å²) in [5.74, 6) is 0. The monoisotopic (exact) mass is 246 g/mol. The Labute approximate surface area is 112 Å². The highest BCUT2D eigenvalue weighted by Gasteiger charge is 2.16. The highest BCUT2D eigenvalue weighted by Crippen LogP contribution is 2.30. The van der Waals surface area contributed by atoms with Gasteiger partial charge in [-0.1, -0.05) is 36.4 Å². The molecule has 2 aromatic rings. The van der Waals surface area contributed by atoms with Crippen molar-refractivity contribution in [2.24, 2.45) is 0 Å². The van der Waals surface area contributed by atoms with Crippen molar-refractivity contribution in [3.63, 3.8) is 0 Å². The van der Waals surface area contributed by atoms with Gasteiger partial charge in [0.25, 0.3) is 0 Å². The van der Waals surface area contributed by atoms with Gasteiger partial charge < -0.3 is 9.88 Å². The Balaban J connectivity index is 1.91. The van der Waals surface area contributed by atoms with Crippen molar-refractivity contribution in [3.8, 4) is 0 Å². The zero-order valence-electron chi connectivity index (χ0n) is 10.5. The predicted molar refractivity (Wildman–Crippen MR) is 79.3 cm³/mol. The van der Waals surface area contributed by atoms with E-state index >= 15 is 0 Å². The molecule has 0 saturated heterocycles. The number of H-pyrrole nitrogens is 1. The normalized spacial score (nSPS) is 17.4. The minimum atomic E-state index is 0.944. The first-order valence-electron chi connectivity index (χ1n) is 6.52. The molecular formula is C17H14N2. The van der Waals surface area contributed by atoms with Crippen LogP contribution in [-0.2, 0) is 0 Å². The lowest BCUT2D eigenvalue weighted by Gasteiger charge is -2.27. The molecule has 19 heavy (non-hydrogen) atoms. The van der Waals surface area contributed by atoms with Crippen LogP contribution >= 0.6 is 0 Å². The molecule has 0 saturated carbocycles.